The number of imidazole rings is 1. The van der Waals surface area contributed by atoms with E-state index in [2.05, 4.69) is 15.0 Å². The van der Waals surface area contributed by atoms with Crippen LogP contribution in [0, 0.1) is 0 Å². The Hall–Kier alpha value is -4.35. The number of nitrogens with zero attached hydrogens (tertiary/aromatic N) is 4. The molecule has 2 aromatic heterocycles. The van der Waals surface area contributed by atoms with Gasteiger partial charge in [0, 0.05) is 12.2 Å². The van der Waals surface area contributed by atoms with Gasteiger partial charge in [0.1, 0.15) is 12.3 Å². The number of nitrogens with one attached hydrogen (secondary N) is 1. The van der Waals surface area contributed by atoms with Crippen molar-refractivity contribution in [1.29, 1.82) is 0 Å². The summed E-state index contributed by atoms with van der Waals surface area (Å²) in [6.07, 6.45) is -3.38. The van der Waals surface area contributed by atoms with E-state index in [0.29, 0.717) is 6.54 Å². The number of aryl methyl sites for hydroxylation is 1. The van der Waals surface area contributed by atoms with Gasteiger partial charge in [-0.2, -0.15) is 0 Å². The molecule has 0 bridgehead atoms. The number of alkyl halides is 3. The first-order valence-electron chi connectivity index (χ1n) is 10.5. The summed E-state index contributed by atoms with van der Waals surface area (Å²) in [5.74, 6) is -1.16. The molecule has 2 heterocycles. The van der Waals surface area contributed by atoms with Crippen molar-refractivity contribution in [1.82, 2.24) is 18.7 Å². The molecule has 4 aromatic rings. The Balaban J connectivity index is 1.65. The van der Waals surface area contributed by atoms with Crippen LogP contribution in [0.3, 0.4) is 0 Å². The van der Waals surface area contributed by atoms with Crippen LogP contribution < -0.4 is 21.3 Å². The molecule has 0 unspecified atom stereocenters. The van der Waals surface area contributed by atoms with E-state index < -0.39 is 35.8 Å². The molecule has 0 saturated carbocycles. The minimum Gasteiger partial charge on any atom is -0.406 e. The molecule has 1 N–H and O–H groups in total. The Labute approximate surface area is 196 Å². The summed E-state index contributed by atoms with van der Waals surface area (Å²) in [5, 5.41) is 2.47. The van der Waals surface area contributed by atoms with E-state index in [1.54, 1.807) is 4.57 Å². The number of carbonyl (C=O) groups is 1. The van der Waals surface area contributed by atoms with E-state index in [1.807, 2.05) is 37.3 Å². The monoisotopic (exact) mass is 487 g/mol. The molecule has 0 spiro atoms. The number of hydrogen-bond acceptors (Lipinski definition) is 5. The fourth-order valence-electron chi connectivity index (χ4n) is 3.61. The second kappa shape index (κ2) is 9.49. The predicted molar refractivity (Wildman–Crippen MR) is 121 cm³/mol. The first kappa shape index (κ1) is 23.8. The van der Waals surface area contributed by atoms with Crippen molar-refractivity contribution in [3.8, 4) is 5.75 Å². The summed E-state index contributed by atoms with van der Waals surface area (Å²) in [6, 6.07) is 13.6. The quantitative estimate of drug-likeness (QED) is 0.432. The maximum absolute atomic E-state index is 13.2. The van der Waals surface area contributed by atoms with E-state index in [-0.39, 0.29) is 23.4 Å². The predicted octanol–water partition coefficient (Wildman–Crippen LogP) is 2.97. The van der Waals surface area contributed by atoms with Gasteiger partial charge in [-0.25, -0.2) is 14.3 Å². The van der Waals surface area contributed by atoms with Crippen LogP contribution in [0.25, 0.3) is 11.2 Å². The SMILES string of the molecule is CCn1cnc2c1c(=O)n(CC(=O)Nc1ccc(OC(F)(F)F)cc1)c(=O)n2Cc1ccccc1. The number of amides is 1. The number of rotatable bonds is 7. The van der Waals surface area contributed by atoms with Crippen molar-refractivity contribution >= 4 is 22.8 Å². The third-order valence-electron chi connectivity index (χ3n) is 5.18. The molecule has 0 radical (unpaired) electrons. The lowest BCUT2D eigenvalue weighted by Gasteiger charge is -2.13. The molecule has 4 rings (SSSR count). The number of benzene rings is 2. The summed E-state index contributed by atoms with van der Waals surface area (Å²) in [4.78, 5) is 43.3. The van der Waals surface area contributed by atoms with Crippen molar-refractivity contribution < 1.29 is 22.7 Å². The second-order valence-corrected chi connectivity index (χ2v) is 7.57. The zero-order chi connectivity index (χ0) is 25.2. The minimum atomic E-state index is -4.84. The number of hydrogen-bond donors (Lipinski definition) is 1. The van der Waals surface area contributed by atoms with Gasteiger partial charge >= 0.3 is 12.1 Å². The van der Waals surface area contributed by atoms with Crippen LogP contribution in [0.5, 0.6) is 5.75 Å². The maximum atomic E-state index is 13.2. The number of fused-ring (bicyclic) bond motifs is 1. The van der Waals surface area contributed by atoms with Crippen LogP contribution in [0.15, 0.2) is 70.5 Å². The van der Waals surface area contributed by atoms with Gasteiger partial charge in [0.05, 0.1) is 12.9 Å². The Morgan fingerprint density at radius 2 is 1.71 bits per heavy atom. The van der Waals surface area contributed by atoms with Crippen LogP contribution >= 0.6 is 0 Å². The largest absolute Gasteiger partial charge is 0.573 e. The average molecular weight is 487 g/mol. The summed E-state index contributed by atoms with van der Waals surface area (Å²) in [6.45, 7) is 1.78. The van der Waals surface area contributed by atoms with Gasteiger partial charge in [-0.3, -0.25) is 14.2 Å². The van der Waals surface area contributed by atoms with Crippen molar-refractivity contribution in [3.05, 3.63) is 87.3 Å². The molecule has 0 aliphatic rings. The second-order valence-electron chi connectivity index (χ2n) is 7.57. The van der Waals surface area contributed by atoms with E-state index in [4.69, 9.17) is 0 Å². The Morgan fingerprint density at radius 3 is 2.34 bits per heavy atom. The zero-order valence-electron chi connectivity index (χ0n) is 18.5. The molecular weight excluding hydrogens is 467 g/mol. The zero-order valence-corrected chi connectivity index (χ0v) is 18.5. The smallest absolute Gasteiger partial charge is 0.406 e. The van der Waals surface area contributed by atoms with E-state index >= 15 is 0 Å². The van der Waals surface area contributed by atoms with Crippen LogP contribution in [0.2, 0.25) is 0 Å². The molecule has 2 aromatic carbocycles. The highest BCUT2D eigenvalue weighted by molar-refractivity contribution is 5.90. The van der Waals surface area contributed by atoms with Gasteiger partial charge in [-0.05, 0) is 36.8 Å². The lowest BCUT2D eigenvalue weighted by Crippen LogP contribution is -2.43. The first-order valence-corrected chi connectivity index (χ1v) is 10.5. The molecule has 12 heteroatoms. The van der Waals surface area contributed by atoms with Crippen molar-refractivity contribution in [2.24, 2.45) is 0 Å². The highest BCUT2D eigenvalue weighted by atomic mass is 19.4. The fraction of sp³-hybridized carbons (Fsp3) is 0.217. The number of aromatic nitrogens is 4. The highest BCUT2D eigenvalue weighted by Crippen LogP contribution is 2.24. The van der Waals surface area contributed by atoms with Crippen LogP contribution in [-0.4, -0.2) is 31.0 Å². The molecule has 0 atom stereocenters. The van der Waals surface area contributed by atoms with Gasteiger partial charge in [0.2, 0.25) is 5.91 Å². The van der Waals surface area contributed by atoms with Crippen LogP contribution in [0.4, 0.5) is 18.9 Å². The summed E-state index contributed by atoms with van der Waals surface area (Å²) >= 11 is 0. The number of halogens is 3. The summed E-state index contributed by atoms with van der Waals surface area (Å²) in [5.41, 5.74) is -0.0127. The minimum absolute atomic E-state index is 0.138. The van der Waals surface area contributed by atoms with Gasteiger partial charge in [0.25, 0.3) is 5.56 Å². The first-order chi connectivity index (χ1) is 16.7. The normalized spacial score (nSPS) is 11.5. The molecule has 1 amide bonds. The van der Waals surface area contributed by atoms with Crippen LogP contribution in [0.1, 0.15) is 12.5 Å². The number of anilines is 1. The Bertz CT molecular complexity index is 1470. The highest BCUT2D eigenvalue weighted by Gasteiger charge is 2.31. The Kier molecular flexibility index (Phi) is 6.45. The van der Waals surface area contributed by atoms with Crippen LogP contribution in [-0.2, 0) is 24.4 Å². The topological polar surface area (TPSA) is 100 Å². The maximum Gasteiger partial charge on any atom is 0.573 e. The third-order valence-corrected chi connectivity index (χ3v) is 5.18. The molecule has 35 heavy (non-hydrogen) atoms. The molecule has 0 fully saturated rings. The lowest BCUT2D eigenvalue weighted by molar-refractivity contribution is -0.274. The van der Waals surface area contributed by atoms with E-state index in [1.165, 1.54) is 23.0 Å². The standard InChI is InChI=1S/C23H20F3N5O4/c1-2-29-14-27-20-19(29)21(33)31(22(34)30(20)12-15-6-4-3-5-7-15)13-18(32)28-16-8-10-17(11-9-16)35-23(24,25)26/h3-11,14H,2,12-13H2,1H3,(H,28,32). The lowest BCUT2D eigenvalue weighted by atomic mass is 10.2. The molecule has 182 valence electrons. The fourth-order valence-corrected chi connectivity index (χ4v) is 3.61. The molecule has 9 nitrogen and oxygen atoms in total. The number of ether oxygens (including phenoxy) is 1. The van der Waals surface area contributed by atoms with E-state index in [9.17, 15) is 27.6 Å². The molecular formula is C23H20F3N5O4. The van der Waals surface area contributed by atoms with Gasteiger partial charge in [0.15, 0.2) is 11.2 Å². The van der Waals surface area contributed by atoms with Gasteiger partial charge < -0.3 is 14.6 Å². The summed E-state index contributed by atoms with van der Waals surface area (Å²) < 4.78 is 44.5. The van der Waals surface area contributed by atoms with Crippen molar-refractivity contribution in [3.63, 3.8) is 0 Å². The van der Waals surface area contributed by atoms with Crippen molar-refractivity contribution in [2.45, 2.75) is 32.9 Å². The third kappa shape index (κ3) is 5.26. The average Bonchev–Trinajstić information content (AvgIpc) is 3.25. The van der Waals surface area contributed by atoms with Gasteiger partial charge in [-0.15, -0.1) is 13.2 Å². The molecule has 0 aliphatic carbocycles. The van der Waals surface area contributed by atoms with E-state index in [0.717, 1.165) is 22.3 Å². The molecule has 0 saturated heterocycles. The molecule has 0 aliphatic heterocycles. The van der Waals surface area contributed by atoms with Crippen molar-refractivity contribution in [2.75, 3.05) is 5.32 Å². The summed E-state index contributed by atoms with van der Waals surface area (Å²) in [7, 11) is 0. The van der Waals surface area contributed by atoms with Gasteiger partial charge in [-0.1, -0.05) is 30.3 Å². The number of carbonyl (C=O) groups excluding carboxylic acids is 1. The Morgan fingerprint density at radius 1 is 1.03 bits per heavy atom.